The summed E-state index contributed by atoms with van der Waals surface area (Å²) < 4.78 is 31.9. The van der Waals surface area contributed by atoms with Crippen molar-refractivity contribution in [1.82, 2.24) is 4.72 Å². The Hall–Kier alpha value is -2.02. The third kappa shape index (κ3) is 5.53. The van der Waals surface area contributed by atoms with E-state index < -0.39 is 15.9 Å². The number of benzene rings is 2. The van der Waals surface area contributed by atoms with Gasteiger partial charge in [0.25, 0.3) is 5.91 Å². The average Bonchev–Trinajstić information content (AvgIpc) is 3.06. The van der Waals surface area contributed by atoms with Gasteiger partial charge in [-0.3, -0.25) is 4.79 Å². The quantitative estimate of drug-likeness (QED) is 0.451. The zero-order valence-corrected chi connectivity index (χ0v) is 18.2. The summed E-state index contributed by atoms with van der Waals surface area (Å²) in [4.78, 5) is 12.5. The van der Waals surface area contributed by atoms with E-state index in [-0.39, 0.29) is 11.3 Å². The van der Waals surface area contributed by atoms with Gasteiger partial charge in [-0.2, -0.15) is 0 Å². The van der Waals surface area contributed by atoms with Crippen LogP contribution in [0.5, 0.6) is 0 Å². The molecule has 154 valence electrons. The Labute approximate surface area is 180 Å². The highest BCUT2D eigenvalue weighted by Gasteiger charge is 2.17. The number of amides is 1. The molecule has 3 rings (SSSR count). The van der Waals surface area contributed by atoms with Crippen LogP contribution < -0.4 is 4.72 Å². The highest BCUT2D eigenvalue weighted by molar-refractivity contribution is 7.90. The van der Waals surface area contributed by atoms with E-state index >= 15 is 0 Å². The van der Waals surface area contributed by atoms with Crippen molar-refractivity contribution in [1.29, 1.82) is 0 Å². The second-order valence-electron chi connectivity index (χ2n) is 6.84. The Kier molecular flexibility index (Phi) is 6.88. The fourth-order valence-electron chi connectivity index (χ4n) is 3.02. The Morgan fingerprint density at radius 1 is 1.07 bits per heavy atom. The second kappa shape index (κ2) is 9.20. The second-order valence-corrected chi connectivity index (χ2v) is 9.53. The van der Waals surface area contributed by atoms with Crippen molar-refractivity contribution in [2.45, 2.75) is 32.6 Å². The van der Waals surface area contributed by atoms with Crippen LogP contribution in [0.4, 0.5) is 0 Å². The summed E-state index contributed by atoms with van der Waals surface area (Å²) in [6.07, 6.45) is 4.32. The zero-order chi connectivity index (χ0) is 21.0. The highest BCUT2D eigenvalue weighted by Crippen LogP contribution is 2.28. The van der Waals surface area contributed by atoms with Crippen molar-refractivity contribution in [3.8, 4) is 0 Å². The molecular weight excluding hydrogens is 433 g/mol. The van der Waals surface area contributed by atoms with Crippen molar-refractivity contribution in [2.24, 2.45) is 0 Å². The van der Waals surface area contributed by atoms with Crippen LogP contribution in [0, 0.1) is 0 Å². The van der Waals surface area contributed by atoms with Crippen molar-refractivity contribution >= 4 is 50.1 Å². The standard InChI is InChI=1S/C21H21Cl2NO4S/c1-2-3-4-9-29(26,27)24-21(25)15-6-8-20-18(11-15)16(13-28-20)10-14-5-7-17(22)12-19(14)23/h5-8,11-13H,2-4,9-10H2,1H3,(H,24,25). The smallest absolute Gasteiger partial charge is 0.264 e. The van der Waals surface area contributed by atoms with E-state index in [0.29, 0.717) is 28.5 Å². The first kappa shape index (κ1) is 21.7. The molecule has 1 heterocycles. The van der Waals surface area contributed by atoms with Crippen molar-refractivity contribution in [2.75, 3.05) is 5.75 Å². The molecule has 1 aromatic heterocycles. The number of carbonyl (C=O) groups excluding carboxylic acids is 1. The number of unbranched alkanes of at least 4 members (excludes halogenated alkanes) is 2. The molecule has 0 unspecified atom stereocenters. The first-order valence-electron chi connectivity index (χ1n) is 9.28. The molecule has 0 fully saturated rings. The summed E-state index contributed by atoms with van der Waals surface area (Å²) in [6.45, 7) is 1.99. The third-order valence-electron chi connectivity index (χ3n) is 4.58. The van der Waals surface area contributed by atoms with E-state index in [4.69, 9.17) is 27.6 Å². The Balaban J connectivity index is 1.82. The molecule has 0 atom stereocenters. The third-order valence-corrected chi connectivity index (χ3v) is 6.49. The molecule has 0 aliphatic rings. The van der Waals surface area contributed by atoms with Crippen LogP contribution in [0.15, 0.2) is 47.1 Å². The molecule has 2 aromatic carbocycles. The normalized spacial score (nSPS) is 11.7. The van der Waals surface area contributed by atoms with E-state index in [2.05, 4.69) is 4.72 Å². The lowest BCUT2D eigenvalue weighted by Gasteiger charge is -2.07. The maximum Gasteiger partial charge on any atom is 0.264 e. The number of fused-ring (bicyclic) bond motifs is 1. The molecule has 0 aliphatic carbocycles. The van der Waals surface area contributed by atoms with Crippen molar-refractivity contribution < 1.29 is 17.6 Å². The monoisotopic (exact) mass is 453 g/mol. The number of sulfonamides is 1. The van der Waals surface area contributed by atoms with Gasteiger partial charge in [0.15, 0.2) is 0 Å². The van der Waals surface area contributed by atoms with Gasteiger partial charge >= 0.3 is 0 Å². The average molecular weight is 454 g/mol. The molecule has 0 radical (unpaired) electrons. The minimum absolute atomic E-state index is 0.0686. The first-order valence-corrected chi connectivity index (χ1v) is 11.7. The molecule has 0 aliphatic heterocycles. The summed E-state index contributed by atoms with van der Waals surface area (Å²) in [6, 6.07) is 10.1. The molecule has 1 N–H and O–H groups in total. The summed E-state index contributed by atoms with van der Waals surface area (Å²) in [5, 5.41) is 1.82. The number of halogens is 2. The summed E-state index contributed by atoms with van der Waals surface area (Å²) in [5.41, 5.74) is 2.56. The summed E-state index contributed by atoms with van der Waals surface area (Å²) in [7, 11) is -3.66. The number of carbonyl (C=O) groups is 1. The fraction of sp³-hybridized carbons (Fsp3) is 0.286. The van der Waals surface area contributed by atoms with Crippen LogP contribution in [-0.2, 0) is 16.4 Å². The van der Waals surface area contributed by atoms with E-state index in [1.54, 1.807) is 36.6 Å². The van der Waals surface area contributed by atoms with Crippen LogP contribution in [0.2, 0.25) is 10.0 Å². The molecule has 5 nitrogen and oxygen atoms in total. The number of nitrogens with one attached hydrogen (secondary N) is 1. The Morgan fingerprint density at radius 2 is 1.86 bits per heavy atom. The van der Waals surface area contributed by atoms with Crippen LogP contribution in [-0.4, -0.2) is 20.1 Å². The molecule has 0 bridgehead atoms. The predicted octanol–water partition coefficient (Wildman–Crippen LogP) is 5.58. The number of rotatable bonds is 8. The van der Waals surface area contributed by atoms with Gasteiger partial charge in [-0.1, -0.05) is 49.0 Å². The SMILES string of the molecule is CCCCCS(=O)(=O)NC(=O)c1ccc2occ(Cc3ccc(Cl)cc3Cl)c2c1. The number of furan rings is 1. The highest BCUT2D eigenvalue weighted by atomic mass is 35.5. The maximum absolute atomic E-state index is 12.5. The largest absolute Gasteiger partial charge is 0.464 e. The lowest BCUT2D eigenvalue weighted by atomic mass is 10.0. The lowest BCUT2D eigenvalue weighted by Crippen LogP contribution is -2.32. The van der Waals surface area contributed by atoms with Crippen LogP contribution in [0.1, 0.15) is 47.7 Å². The lowest BCUT2D eigenvalue weighted by molar-refractivity contribution is 0.0981. The Morgan fingerprint density at radius 3 is 2.59 bits per heavy atom. The molecule has 8 heteroatoms. The van der Waals surface area contributed by atoms with Gasteiger partial charge in [0.1, 0.15) is 5.58 Å². The van der Waals surface area contributed by atoms with Crippen molar-refractivity contribution in [3.05, 3.63) is 69.4 Å². The van der Waals surface area contributed by atoms with E-state index in [1.165, 1.54) is 0 Å². The maximum atomic E-state index is 12.5. The van der Waals surface area contributed by atoms with Crippen LogP contribution >= 0.6 is 23.2 Å². The topological polar surface area (TPSA) is 76.4 Å². The van der Waals surface area contributed by atoms with Crippen LogP contribution in [0.25, 0.3) is 11.0 Å². The van der Waals surface area contributed by atoms with Gasteiger partial charge in [-0.05, 0) is 42.3 Å². The van der Waals surface area contributed by atoms with E-state index in [0.717, 1.165) is 29.4 Å². The van der Waals surface area contributed by atoms with Crippen LogP contribution in [0.3, 0.4) is 0 Å². The van der Waals surface area contributed by atoms with Gasteiger partial charge in [-0.25, -0.2) is 13.1 Å². The molecule has 0 saturated carbocycles. The minimum atomic E-state index is -3.66. The molecule has 29 heavy (non-hydrogen) atoms. The number of hydrogen-bond donors (Lipinski definition) is 1. The van der Waals surface area contributed by atoms with E-state index in [1.807, 2.05) is 13.0 Å². The molecule has 3 aromatic rings. The summed E-state index contributed by atoms with van der Waals surface area (Å²) >= 11 is 12.2. The van der Waals surface area contributed by atoms with E-state index in [9.17, 15) is 13.2 Å². The van der Waals surface area contributed by atoms with Gasteiger partial charge in [0.2, 0.25) is 10.0 Å². The van der Waals surface area contributed by atoms with Gasteiger partial charge < -0.3 is 4.42 Å². The molecule has 0 spiro atoms. The first-order chi connectivity index (χ1) is 13.8. The fourth-order valence-corrected chi connectivity index (χ4v) is 4.59. The Bertz CT molecular complexity index is 1140. The van der Waals surface area contributed by atoms with Crippen molar-refractivity contribution in [3.63, 3.8) is 0 Å². The predicted molar refractivity (Wildman–Crippen MR) is 116 cm³/mol. The summed E-state index contributed by atoms with van der Waals surface area (Å²) in [5.74, 6) is -0.721. The molecule has 1 amide bonds. The van der Waals surface area contributed by atoms with Gasteiger partial charge in [-0.15, -0.1) is 0 Å². The zero-order valence-electron chi connectivity index (χ0n) is 15.9. The molecule has 0 saturated heterocycles. The van der Waals surface area contributed by atoms with Gasteiger partial charge in [0.05, 0.1) is 12.0 Å². The molecular formula is C21H21Cl2NO4S. The van der Waals surface area contributed by atoms with Gasteiger partial charge in [0, 0.05) is 33.0 Å². The minimum Gasteiger partial charge on any atom is -0.464 e. The number of hydrogen-bond acceptors (Lipinski definition) is 4.